The minimum atomic E-state index is -0.497. The molecule has 21 heavy (non-hydrogen) atoms. The molecular formula is C12H10Br2N4O3. The first-order chi connectivity index (χ1) is 9.92. The second-order valence-electron chi connectivity index (χ2n) is 4.18. The van der Waals surface area contributed by atoms with E-state index in [1.54, 1.807) is 12.3 Å². The molecule has 1 aromatic heterocycles. The van der Waals surface area contributed by atoms with E-state index in [-0.39, 0.29) is 17.8 Å². The van der Waals surface area contributed by atoms with Gasteiger partial charge in [-0.1, -0.05) is 0 Å². The molecule has 0 aliphatic rings. The third-order valence-corrected chi connectivity index (χ3v) is 3.81. The number of aromatic nitrogens is 1. The Kier molecular flexibility index (Phi) is 4.76. The predicted octanol–water partition coefficient (Wildman–Crippen LogP) is 2.62. The molecule has 2 rings (SSSR count). The number of halogens is 2. The number of nitro benzene ring substituents is 1. The lowest BCUT2D eigenvalue weighted by atomic mass is 10.1. The lowest BCUT2D eigenvalue weighted by Crippen LogP contribution is -2.22. The number of nitrogens with zero attached hydrogens (tertiary/aromatic N) is 2. The molecule has 0 radical (unpaired) electrons. The number of hydrogen-bond donors (Lipinski definition) is 2. The molecule has 0 bridgehead atoms. The molecule has 110 valence electrons. The lowest BCUT2D eigenvalue weighted by Gasteiger charge is -2.11. The monoisotopic (exact) mass is 416 g/mol. The first-order valence-corrected chi connectivity index (χ1v) is 7.30. The van der Waals surface area contributed by atoms with Crippen molar-refractivity contribution < 1.29 is 4.92 Å². The van der Waals surface area contributed by atoms with E-state index in [4.69, 9.17) is 5.84 Å². The van der Waals surface area contributed by atoms with E-state index >= 15 is 0 Å². The molecule has 0 aliphatic heterocycles. The normalized spacial score (nSPS) is 10.4. The average Bonchev–Trinajstić information content (AvgIpc) is 2.44. The summed E-state index contributed by atoms with van der Waals surface area (Å²) in [6.45, 7) is 0.151. The van der Waals surface area contributed by atoms with Crippen molar-refractivity contribution in [1.29, 1.82) is 0 Å². The lowest BCUT2D eigenvalue weighted by molar-refractivity contribution is -0.384. The maximum absolute atomic E-state index is 12.1. The van der Waals surface area contributed by atoms with E-state index in [0.717, 1.165) is 0 Å². The van der Waals surface area contributed by atoms with Crippen molar-refractivity contribution in [1.82, 2.24) is 4.57 Å². The summed E-state index contributed by atoms with van der Waals surface area (Å²) in [5.74, 6) is 5.40. The van der Waals surface area contributed by atoms with E-state index in [0.29, 0.717) is 20.2 Å². The van der Waals surface area contributed by atoms with Crippen LogP contribution < -0.4 is 16.8 Å². The number of nitrogen functional groups attached to an aromatic ring is 1. The van der Waals surface area contributed by atoms with Gasteiger partial charge in [0.05, 0.1) is 21.6 Å². The summed E-state index contributed by atoms with van der Waals surface area (Å²) in [6, 6.07) is 5.87. The van der Waals surface area contributed by atoms with Crippen LogP contribution in [-0.2, 0) is 6.54 Å². The first-order valence-electron chi connectivity index (χ1n) is 5.72. The zero-order chi connectivity index (χ0) is 15.6. The number of pyridine rings is 1. The van der Waals surface area contributed by atoms with Crippen LogP contribution in [0, 0.1) is 10.1 Å². The van der Waals surface area contributed by atoms with Crippen molar-refractivity contribution in [3.8, 4) is 0 Å². The van der Waals surface area contributed by atoms with Crippen LogP contribution in [0.3, 0.4) is 0 Å². The quantitative estimate of drug-likeness (QED) is 0.452. The molecule has 1 aromatic carbocycles. The van der Waals surface area contributed by atoms with Crippen molar-refractivity contribution >= 4 is 43.2 Å². The minimum Gasteiger partial charge on any atom is -0.324 e. The van der Waals surface area contributed by atoms with E-state index in [1.165, 1.54) is 22.8 Å². The van der Waals surface area contributed by atoms with Crippen LogP contribution in [0.4, 0.5) is 11.4 Å². The van der Waals surface area contributed by atoms with Crippen molar-refractivity contribution in [3.05, 3.63) is 65.4 Å². The Morgan fingerprint density at radius 1 is 1.33 bits per heavy atom. The second-order valence-corrected chi connectivity index (χ2v) is 5.95. The van der Waals surface area contributed by atoms with Gasteiger partial charge in [0.25, 0.3) is 11.2 Å². The van der Waals surface area contributed by atoms with Crippen molar-refractivity contribution in [3.63, 3.8) is 0 Å². The standard InChI is InChI=1S/C12H10Br2N4O3/c13-8-4-10(14)12(19)17(6-8)5-7-3-9(18(20)21)1-2-11(7)16-15/h1-4,6,16H,5,15H2. The van der Waals surface area contributed by atoms with Gasteiger partial charge in [-0.25, -0.2) is 0 Å². The zero-order valence-corrected chi connectivity index (χ0v) is 13.7. The fraction of sp³-hybridized carbons (Fsp3) is 0.0833. The Morgan fingerprint density at radius 3 is 2.67 bits per heavy atom. The summed E-state index contributed by atoms with van der Waals surface area (Å²) < 4.78 is 2.53. The number of nitrogens with one attached hydrogen (secondary N) is 1. The number of anilines is 1. The molecule has 1 heterocycles. The Balaban J connectivity index is 2.50. The largest absolute Gasteiger partial charge is 0.324 e. The summed E-state index contributed by atoms with van der Waals surface area (Å²) in [4.78, 5) is 22.4. The van der Waals surface area contributed by atoms with Gasteiger partial charge in [0.15, 0.2) is 0 Å². The number of non-ortho nitro benzene ring substituents is 1. The molecule has 0 fully saturated rings. The highest BCUT2D eigenvalue weighted by Gasteiger charge is 2.12. The molecule has 2 aromatic rings. The van der Waals surface area contributed by atoms with Crippen LogP contribution in [0.25, 0.3) is 0 Å². The highest BCUT2D eigenvalue weighted by atomic mass is 79.9. The van der Waals surface area contributed by atoms with E-state index < -0.39 is 4.92 Å². The Hall–Kier alpha value is -1.71. The molecule has 7 nitrogen and oxygen atoms in total. The molecule has 3 N–H and O–H groups in total. The Labute approximate surface area is 136 Å². The number of benzene rings is 1. The van der Waals surface area contributed by atoms with E-state index in [2.05, 4.69) is 37.3 Å². The van der Waals surface area contributed by atoms with Gasteiger partial charge in [0.2, 0.25) is 0 Å². The number of rotatable bonds is 4. The minimum absolute atomic E-state index is 0.0638. The average molecular weight is 418 g/mol. The Morgan fingerprint density at radius 2 is 2.05 bits per heavy atom. The Bertz CT molecular complexity index is 761. The number of hydrogen-bond acceptors (Lipinski definition) is 5. The van der Waals surface area contributed by atoms with Crippen LogP contribution in [-0.4, -0.2) is 9.49 Å². The summed E-state index contributed by atoms with van der Waals surface area (Å²) in [7, 11) is 0. The van der Waals surface area contributed by atoms with Crippen LogP contribution in [0.5, 0.6) is 0 Å². The van der Waals surface area contributed by atoms with Gasteiger partial charge in [-0.15, -0.1) is 0 Å². The third kappa shape index (κ3) is 3.49. The SMILES string of the molecule is NNc1ccc([N+](=O)[O-])cc1Cn1cc(Br)cc(Br)c1=O. The highest BCUT2D eigenvalue weighted by Crippen LogP contribution is 2.23. The molecule has 0 unspecified atom stereocenters. The molecule has 0 atom stereocenters. The van der Waals surface area contributed by atoms with E-state index in [9.17, 15) is 14.9 Å². The number of nitrogens with two attached hydrogens (primary N) is 1. The van der Waals surface area contributed by atoms with Gasteiger partial charge < -0.3 is 9.99 Å². The van der Waals surface area contributed by atoms with Gasteiger partial charge in [0, 0.05) is 28.4 Å². The van der Waals surface area contributed by atoms with Crippen LogP contribution in [0.2, 0.25) is 0 Å². The maximum Gasteiger partial charge on any atom is 0.269 e. The van der Waals surface area contributed by atoms with E-state index in [1.807, 2.05) is 0 Å². The van der Waals surface area contributed by atoms with Crippen molar-refractivity contribution in [2.75, 3.05) is 5.43 Å². The number of nitro groups is 1. The van der Waals surface area contributed by atoms with Crippen LogP contribution >= 0.6 is 31.9 Å². The highest BCUT2D eigenvalue weighted by molar-refractivity contribution is 9.11. The molecule has 0 saturated heterocycles. The van der Waals surface area contributed by atoms with Crippen LogP contribution in [0.15, 0.2) is 44.2 Å². The second kappa shape index (κ2) is 6.37. The van der Waals surface area contributed by atoms with Crippen molar-refractivity contribution in [2.24, 2.45) is 5.84 Å². The third-order valence-electron chi connectivity index (χ3n) is 2.80. The van der Waals surface area contributed by atoms with Gasteiger partial charge >= 0.3 is 0 Å². The van der Waals surface area contributed by atoms with Gasteiger partial charge in [-0.2, -0.15) is 0 Å². The van der Waals surface area contributed by atoms with Crippen LogP contribution in [0.1, 0.15) is 5.56 Å². The summed E-state index contributed by atoms with van der Waals surface area (Å²) in [5, 5.41) is 10.9. The molecule has 0 amide bonds. The zero-order valence-electron chi connectivity index (χ0n) is 10.5. The molecular weight excluding hydrogens is 408 g/mol. The van der Waals surface area contributed by atoms with Gasteiger partial charge in [-0.3, -0.25) is 20.8 Å². The predicted molar refractivity (Wildman–Crippen MR) is 86.1 cm³/mol. The van der Waals surface area contributed by atoms with Gasteiger partial charge in [-0.05, 0) is 44.0 Å². The first kappa shape index (κ1) is 15.7. The fourth-order valence-corrected chi connectivity index (χ4v) is 3.09. The summed E-state index contributed by atoms with van der Waals surface area (Å²) >= 11 is 6.47. The molecule has 0 aliphatic carbocycles. The van der Waals surface area contributed by atoms with Crippen molar-refractivity contribution in [2.45, 2.75) is 6.54 Å². The molecule has 0 saturated carbocycles. The molecule has 9 heteroatoms. The topological polar surface area (TPSA) is 103 Å². The smallest absolute Gasteiger partial charge is 0.269 e. The summed E-state index contributed by atoms with van der Waals surface area (Å²) in [5.41, 5.74) is 3.22. The van der Waals surface area contributed by atoms with Gasteiger partial charge in [0.1, 0.15) is 0 Å². The fourth-order valence-electron chi connectivity index (χ4n) is 1.83. The number of hydrazine groups is 1. The molecule has 0 spiro atoms. The maximum atomic E-state index is 12.1. The summed E-state index contributed by atoms with van der Waals surface area (Å²) in [6.07, 6.45) is 1.60.